The maximum atomic E-state index is 12.4. The molecule has 2 rings (SSSR count). The maximum absolute atomic E-state index is 12.4. The van der Waals surface area contributed by atoms with E-state index >= 15 is 0 Å². The predicted molar refractivity (Wildman–Crippen MR) is 62.2 cm³/mol. The molecule has 2 heterocycles. The minimum atomic E-state index is -0.304. The van der Waals surface area contributed by atoms with Gasteiger partial charge < -0.3 is 10.4 Å². The molecule has 0 aromatic heterocycles. The van der Waals surface area contributed by atoms with Crippen LogP contribution in [0, 0.1) is 5.92 Å². The number of rotatable bonds is 3. The zero-order chi connectivity index (χ0) is 11.4. The number of aliphatic hydroxyl groups excluding tert-OH is 1. The highest BCUT2D eigenvalue weighted by atomic mass is 19.1. The summed E-state index contributed by atoms with van der Waals surface area (Å²) in [6.45, 7) is 3.75. The first-order chi connectivity index (χ1) is 7.81. The van der Waals surface area contributed by atoms with E-state index in [1.54, 1.807) is 0 Å². The highest BCUT2D eigenvalue weighted by Crippen LogP contribution is 2.24. The molecule has 0 unspecified atom stereocenters. The van der Waals surface area contributed by atoms with E-state index in [9.17, 15) is 9.50 Å². The summed E-state index contributed by atoms with van der Waals surface area (Å²) in [6.07, 6.45) is 3.43. The topological polar surface area (TPSA) is 35.5 Å². The number of piperidine rings is 2. The number of likely N-dealkylation sites (tertiary alicyclic amines) is 1. The van der Waals surface area contributed by atoms with Gasteiger partial charge in [-0.15, -0.1) is 0 Å². The van der Waals surface area contributed by atoms with Gasteiger partial charge in [-0.05, 0) is 38.8 Å². The summed E-state index contributed by atoms with van der Waals surface area (Å²) < 4.78 is 12.4. The van der Waals surface area contributed by atoms with Crippen LogP contribution in [0.25, 0.3) is 0 Å². The van der Waals surface area contributed by atoms with Crippen molar-refractivity contribution < 1.29 is 9.50 Å². The van der Waals surface area contributed by atoms with Gasteiger partial charge in [0.15, 0.2) is 0 Å². The monoisotopic (exact) mass is 230 g/mol. The number of alkyl halides is 1. The van der Waals surface area contributed by atoms with E-state index in [1.807, 2.05) is 0 Å². The number of aliphatic hydroxyl groups is 1. The van der Waals surface area contributed by atoms with Crippen LogP contribution in [0.3, 0.4) is 0 Å². The second-order valence-corrected chi connectivity index (χ2v) is 5.07. The molecule has 2 saturated heterocycles. The fraction of sp³-hybridized carbons (Fsp3) is 1.00. The number of nitrogens with zero attached hydrogens (tertiary/aromatic N) is 1. The molecule has 94 valence electrons. The van der Waals surface area contributed by atoms with Crippen molar-refractivity contribution in [1.82, 2.24) is 10.2 Å². The van der Waals surface area contributed by atoms with E-state index in [0.29, 0.717) is 12.5 Å². The maximum Gasteiger partial charge on any atom is 0.0898 e. The average Bonchev–Trinajstić information content (AvgIpc) is 2.33. The molecular weight excluding hydrogens is 207 g/mol. The lowest BCUT2D eigenvalue weighted by Crippen LogP contribution is -2.50. The zero-order valence-electron chi connectivity index (χ0n) is 9.87. The van der Waals surface area contributed by atoms with Crippen molar-refractivity contribution in [3.05, 3.63) is 0 Å². The Labute approximate surface area is 97.0 Å². The molecule has 0 radical (unpaired) electrons. The fourth-order valence-electron chi connectivity index (χ4n) is 2.98. The summed E-state index contributed by atoms with van der Waals surface area (Å²) in [7, 11) is 0. The summed E-state index contributed by atoms with van der Waals surface area (Å²) in [5.74, 6) is 0.147. The third-order valence-corrected chi connectivity index (χ3v) is 4.03. The van der Waals surface area contributed by atoms with Gasteiger partial charge in [-0.2, -0.15) is 0 Å². The van der Waals surface area contributed by atoms with Crippen molar-refractivity contribution in [2.24, 2.45) is 5.92 Å². The minimum absolute atomic E-state index is 0.147. The highest BCUT2D eigenvalue weighted by Gasteiger charge is 2.31. The second kappa shape index (κ2) is 5.94. The Morgan fingerprint density at radius 1 is 1.25 bits per heavy atom. The standard InChI is InChI=1S/C12H23FN2O/c13-5-1-10-9-15(8-4-12(10)16)11-2-6-14-7-3-11/h10-12,14,16H,1-9H2/t10-,12-/m0/s1. The van der Waals surface area contributed by atoms with Crippen LogP contribution in [-0.2, 0) is 0 Å². The van der Waals surface area contributed by atoms with E-state index < -0.39 is 0 Å². The van der Waals surface area contributed by atoms with Gasteiger partial charge in [0.05, 0.1) is 12.8 Å². The molecule has 0 aromatic carbocycles. The molecule has 4 heteroatoms. The highest BCUT2D eigenvalue weighted by molar-refractivity contribution is 4.86. The van der Waals surface area contributed by atoms with Crippen molar-refractivity contribution in [2.45, 2.75) is 37.8 Å². The molecular formula is C12H23FN2O. The van der Waals surface area contributed by atoms with Crippen molar-refractivity contribution in [3.8, 4) is 0 Å². The van der Waals surface area contributed by atoms with Crippen LogP contribution in [0.1, 0.15) is 25.7 Å². The summed E-state index contributed by atoms with van der Waals surface area (Å²) >= 11 is 0. The molecule has 0 amide bonds. The molecule has 0 saturated carbocycles. The predicted octanol–water partition coefficient (Wildman–Crippen LogP) is 0.781. The van der Waals surface area contributed by atoms with Crippen LogP contribution in [0.2, 0.25) is 0 Å². The minimum Gasteiger partial charge on any atom is -0.393 e. The van der Waals surface area contributed by atoms with Crippen LogP contribution in [0.4, 0.5) is 4.39 Å². The molecule has 0 aromatic rings. The molecule has 0 spiro atoms. The zero-order valence-corrected chi connectivity index (χ0v) is 9.87. The second-order valence-electron chi connectivity index (χ2n) is 5.07. The molecule has 16 heavy (non-hydrogen) atoms. The van der Waals surface area contributed by atoms with Crippen molar-refractivity contribution in [2.75, 3.05) is 32.9 Å². The summed E-state index contributed by atoms with van der Waals surface area (Å²) in [5.41, 5.74) is 0. The Morgan fingerprint density at radius 3 is 2.69 bits per heavy atom. The Kier molecular flexibility index (Phi) is 4.55. The summed E-state index contributed by atoms with van der Waals surface area (Å²) in [4.78, 5) is 2.47. The average molecular weight is 230 g/mol. The van der Waals surface area contributed by atoms with Crippen molar-refractivity contribution >= 4 is 0 Å². The van der Waals surface area contributed by atoms with Crippen LogP contribution in [0.5, 0.6) is 0 Å². The quantitative estimate of drug-likeness (QED) is 0.752. The summed E-state index contributed by atoms with van der Waals surface area (Å²) in [6, 6.07) is 0.649. The van der Waals surface area contributed by atoms with Crippen LogP contribution < -0.4 is 5.32 Å². The lowest BCUT2D eigenvalue weighted by atomic mass is 9.90. The van der Waals surface area contributed by atoms with Crippen molar-refractivity contribution in [1.29, 1.82) is 0 Å². The molecule has 2 aliphatic heterocycles. The Hall–Kier alpha value is -0.190. The molecule has 0 bridgehead atoms. The molecule has 2 fully saturated rings. The number of halogens is 1. The van der Waals surface area contributed by atoms with Gasteiger partial charge in [-0.25, -0.2) is 0 Å². The van der Waals surface area contributed by atoms with Gasteiger partial charge in [0.25, 0.3) is 0 Å². The first-order valence-corrected chi connectivity index (χ1v) is 6.50. The van der Waals surface area contributed by atoms with E-state index in [2.05, 4.69) is 10.2 Å². The Bertz CT molecular complexity index is 209. The van der Waals surface area contributed by atoms with E-state index in [0.717, 1.165) is 32.6 Å². The number of nitrogens with one attached hydrogen (secondary N) is 1. The lowest BCUT2D eigenvalue weighted by molar-refractivity contribution is -0.00127. The van der Waals surface area contributed by atoms with Crippen LogP contribution in [-0.4, -0.2) is 55.0 Å². The lowest BCUT2D eigenvalue weighted by Gasteiger charge is -2.42. The number of hydrogen-bond acceptors (Lipinski definition) is 3. The molecule has 2 N–H and O–H groups in total. The van der Waals surface area contributed by atoms with Gasteiger partial charge in [0.2, 0.25) is 0 Å². The third kappa shape index (κ3) is 2.93. The molecule has 2 aliphatic rings. The largest absolute Gasteiger partial charge is 0.393 e. The van der Waals surface area contributed by atoms with Gasteiger partial charge in [-0.3, -0.25) is 9.29 Å². The SMILES string of the molecule is O[C@H]1CCN(C2CCNCC2)C[C@@H]1CCF. The van der Waals surface area contributed by atoms with Crippen molar-refractivity contribution in [3.63, 3.8) is 0 Å². The Balaban J connectivity index is 1.86. The van der Waals surface area contributed by atoms with E-state index in [1.165, 1.54) is 12.8 Å². The molecule has 2 atom stereocenters. The van der Waals surface area contributed by atoms with Gasteiger partial charge in [0.1, 0.15) is 0 Å². The molecule has 0 aliphatic carbocycles. The van der Waals surface area contributed by atoms with E-state index in [-0.39, 0.29) is 18.7 Å². The Morgan fingerprint density at radius 2 is 2.00 bits per heavy atom. The molecule has 3 nitrogen and oxygen atoms in total. The summed E-state index contributed by atoms with van der Waals surface area (Å²) in [5, 5.41) is 13.2. The van der Waals surface area contributed by atoms with Gasteiger partial charge in [-0.1, -0.05) is 0 Å². The first kappa shape index (κ1) is 12.3. The van der Waals surface area contributed by atoms with Crippen LogP contribution >= 0.6 is 0 Å². The third-order valence-electron chi connectivity index (χ3n) is 4.03. The fourth-order valence-corrected chi connectivity index (χ4v) is 2.98. The smallest absolute Gasteiger partial charge is 0.0898 e. The normalized spacial score (nSPS) is 34.1. The number of hydrogen-bond donors (Lipinski definition) is 2. The van der Waals surface area contributed by atoms with Crippen LogP contribution in [0.15, 0.2) is 0 Å². The first-order valence-electron chi connectivity index (χ1n) is 6.50. The van der Waals surface area contributed by atoms with Gasteiger partial charge >= 0.3 is 0 Å². The van der Waals surface area contributed by atoms with E-state index in [4.69, 9.17) is 0 Å². The van der Waals surface area contributed by atoms with Gasteiger partial charge in [0, 0.05) is 25.0 Å².